The number of fused-ring (bicyclic) bond motifs is 6. The fraction of sp³-hybridized carbons (Fsp3) is 0.0769. The third-order valence-corrected chi connectivity index (χ3v) is 8.77. The Bertz CT molecular complexity index is 2000. The van der Waals surface area contributed by atoms with E-state index in [1.807, 2.05) is 0 Å². The molecule has 1 aliphatic rings. The highest BCUT2D eigenvalue weighted by molar-refractivity contribution is 6.11. The quantitative estimate of drug-likeness (QED) is 0.222. The normalized spacial score (nSPS) is 13.4. The molecule has 190 valence electrons. The molecule has 1 nitrogen and oxygen atoms in total. The number of nitrogens with zero attached hydrogens (tertiary/aromatic N) is 1. The first kappa shape index (κ1) is 23.0. The summed E-state index contributed by atoms with van der Waals surface area (Å²) in [5.41, 5.74) is 14.0. The second-order valence-corrected chi connectivity index (χ2v) is 11.4. The largest absolute Gasteiger partial charge is 0.309 e. The molecule has 0 fully saturated rings. The zero-order chi connectivity index (χ0) is 26.8. The number of hydrogen-bond acceptors (Lipinski definition) is 0. The fourth-order valence-electron chi connectivity index (χ4n) is 6.78. The lowest BCUT2D eigenvalue weighted by molar-refractivity contribution is 0.661. The van der Waals surface area contributed by atoms with Gasteiger partial charge in [0.15, 0.2) is 0 Å². The van der Waals surface area contributed by atoms with E-state index in [1.54, 1.807) is 0 Å². The molecule has 0 atom stereocenters. The first-order valence-electron chi connectivity index (χ1n) is 14.0. The fourth-order valence-corrected chi connectivity index (χ4v) is 6.78. The molecule has 0 spiro atoms. The highest BCUT2D eigenvalue weighted by Gasteiger charge is 2.36. The average molecular weight is 512 g/mol. The summed E-state index contributed by atoms with van der Waals surface area (Å²) in [7, 11) is 0. The van der Waals surface area contributed by atoms with Gasteiger partial charge in [-0.1, -0.05) is 117 Å². The molecule has 6 aromatic carbocycles. The first-order valence-corrected chi connectivity index (χ1v) is 14.0. The number of para-hydroxylation sites is 1. The maximum Gasteiger partial charge on any atom is 0.0547 e. The van der Waals surface area contributed by atoms with E-state index in [-0.39, 0.29) is 5.41 Å². The van der Waals surface area contributed by atoms with Crippen LogP contribution in [0, 0.1) is 0 Å². The maximum absolute atomic E-state index is 2.47. The van der Waals surface area contributed by atoms with Gasteiger partial charge in [-0.2, -0.15) is 0 Å². The van der Waals surface area contributed by atoms with Crippen molar-refractivity contribution in [3.05, 3.63) is 151 Å². The molecule has 7 aromatic rings. The summed E-state index contributed by atoms with van der Waals surface area (Å²) >= 11 is 0. The van der Waals surface area contributed by atoms with Gasteiger partial charge >= 0.3 is 0 Å². The Balaban J connectivity index is 1.47. The zero-order valence-corrected chi connectivity index (χ0v) is 22.7. The number of aromatic nitrogens is 1. The Morgan fingerprint density at radius 2 is 1.02 bits per heavy atom. The Morgan fingerprint density at radius 3 is 1.73 bits per heavy atom. The van der Waals surface area contributed by atoms with Crippen LogP contribution in [0.15, 0.2) is 140 Å². The van der Waals surface area contributed by atoms with Gasteiger partial charge in [0.2, 0.25) is 0 Å². The smallest absolute Gasteiger partial charge is 0.0547 e. The summed E-state index contributed by atoms with van der Waals surface area (Å²) in [4.78, 5) is 0. The van der Waals surface area contributed by atoms with Crippen LogP contribution in [0.2, 0.25) is 0 Å². The van der Waals surface area contributed by atoms with E-state index < -0.39 is 0 Å². The molecule has 0 saturated carbocycles. The van der Waals surface area contributed by atoms with E-state index >= 15 is 0 Å². The Kier molecular flexibility index (Phi) is 4.93. The van der Waals surface area contributed by atoms with Crippen molar-refractivity contribution in [2.45, 2.75) is 19.3 Å². The van der Waals surface area contributed by atoms with Gasteiger partial charge in [-0.25, -0.2) is 0 Å². The Hall–Kier alpha value is -4.88. The molecule has 0 aliphatic heterocycles. The molecule has 1 heterocycles. The van der Waals surface area contributed by atoms with E-state index in [0.29, 0.717) is 0 Å². The van der Waals surface area contributed by atoms with Crippen molar-refractivity contribution >= 4 is 21.8 Å². The molecular formula is C39H29N. The van der Waals surface area contributed by atoms with Crippen LogP contribution in [0.3, 0.4) is 0 Å². The molecule has 40 heavy (non-hydrogen) atoms. The van der Waals surface area contributed by atoms with Crippen molar-refractivity contribution in [2.24, 2.45) is 0 Å². The van der Waals surface area contributed by atoms with Crippen LogP contribution in [0.5, 0.6) is 0 Å². The predicted molar refractivity (Wildman–Crippen MR) is 169 cm³/mol. The topological polar surface area (TPSA) is 4.93 Å². The maximum atomic E-state index is 2.47. The Morgan fingerprint density at radius 1 is 0.425 bits per heavy atom. The summed E-state index contributed by atoms with van der Waals surface area (Å²) in [6, 6.07) is 51.1. The minimum absolute atomic E-state index is 0.0307. The predicted octanol–water partition coefficient (Wildman–Crippen LogP) is 10.4. The van der Waals surface area contributed by atoms with Crippen molar-refractivity contribution in [1.82, 2.24) is 4.57 Å². The molecule has 1 aromatic heterocycles. The van der Waals surface area contributed by atoms with Gasteiger partial charge in [0, 0.05) is 21.9 Å². The van der Waals surface area contributed by atoms with E-state index in [2.05, 4.69) is 158 Å². The van der Waals surface area contributed by atoms with Crippen LogP contribution in [-0.4, -0.2) is 4.57 Å². The zero-order valence-electron chi connectivity index (χ0n) is 22.7. The van der Waals surface area contributed by atoms with Gasteiger partial charge in [-0.05, 0) is 80.9 Å². The van der Waals surface area contributed by atoms with Gasteiger partial charge < -0.3 is 4.57 Å². The minimum atomic E-state index is -0.0307. The highest BCUT2D eigenvalue weighted by atomic mass is 15.0. The van der Waals surface area contributed by atoms with E-state index in [9.17, 15) is 0 Å². The van der Waals surface area contributed by atoms with Crippen LogP contribution in [0.4, 0.5) is 0 Å². The summed E-state index contributed by atoms with van der Waals surface area (Å²) in [5.74, 6) is 0. The lowest BCUT2D eigenvalue weighted by atomic mass is 9.82. The van der Waals surface area contributed by atoms with Crippen LogP contribution < -0.4 is 0 Å². The van der Waals surface area contributed by atoms with Crippen LogP contribution in [0.1, 0.15) is 25.0 Å². The van der Waals surface area contributed by atoms with Crippen molar-refractivity contribution in [3.63, 3.8) is 0 Å². The molecule has 8 rings (SSSR count). The van der Waals surface area contributed by atoms with Gasteiger partial charge in [0.25, 0.3) is 0 Å². The third-order valence-electron chi connectivity index (χ3n) is 8.77. The Labute approximate surface area is 235 Å². The van der Waals surface area contributed by atoms with Gasteiger partial charge in [-0.3, -0.25) is 0 Å². The third kappa shape index (κ3) is 3.34. The number of benzene rings is 6. The SMILES string of the molecule is CC1(C)c2ccccc2-c2cc3c(cc21)c1ccccc1n3-c1cc(-c2ccccc2)cc(-c2ccccc2)c1. The van der Waals surface area contributed by atoms with E-state index in [4.69, 9.17) is 0 Å². The molecule has 0 N–H and O–H groups in total. The van der Waals surface area contributed by atoms with Crippen molar-refractivity contribution < 1.29 is 0 Å². The molecule has 0 bridgehead atoms. The van der Waals surface area contributed by atoms with Gasteiger partial charge in [0.05, 0.1) is 11.0 Å². The molecule has 0 amide bonds. The monoisotopic (exact) mass is 511 g/mol. The number of rotatable bonds is 3. The molecule has 0 saturated heterocycles. The van der Waals surface area contributed by atoms with E-state index in [0.717, 1.165) is 0 Å². The van der Waals surface area contributed by atoms with Crippen molar-refractivity contribution in [3.8, 4) is 39.1 Å². The molecule has 1 heteroatoms. The molecule has 0 unspecified atom stereocenters. The molecular weight excluding hydrogens is 482 g/mol. The second-order valence-electron chi connectivity index (χ2n) is 11.4. The average Bonchev–Trinajstić information content (AvgIpc) is 3.45. The molecule has 1 aliphatic carbocycles. The summed E-state index contributed by atoms with van der Waals surface area (Å²) < 4.78 is 2.47. The van der Waals surface area contributed by atoms with Gasteiger partial charge in [0.1, 0.15) is 0 Å². The van der Waals surface area contributed by atoms with Crippen LogP contribution in [-0.2, 0) is 5.41 Å². The number of hydrogen-bond donors (Lipinski definition) is 0. The minimum Gasteiger partial charge on any atom is -0.309 e. The van der Waals surface area contributed by atoms with Gasteiger partial charge in [-0.15, -0.1) is 0 Å². The van der Waals surface area contributed by atoms with Crippen LogP contribution >= 0.6 is 0 Å². The lowest BCUT2D eigenvalue weighted by Gasteiger charge is -2.21. The van der Waals surface area contributed by atoms with Crippen molar-refractivity contribution in [1.29, 1.82) is 0 Å². The first-order chi connectivity index (χ1) is 19.6. The highest BCUT2D eigenvalue weighted by Crippen LogP contribution is 2.51. The summed E-state index contributed by atoms with van der Waals surface area (Å²) in [5, 5.41) is 2.60. The van der Waals surface area contributed by atoms with E-state index in [1.165, 1.54) is 72.0 Å². The molecule has 0 radical (unpaired) electrons. The lowest BCUT2D eigenvalue weighted by Crippen LogP contribution is -2.14. The van der Waals surface area contributed by atoms with Crippen molar-refractivity contribution in [2.75, 3.05) is 0 Å². The summed E-state index contributed by atoms with van der Waals surface area (Å²) in [6.45, 7) is 4.72. The summed E-state index contributed by atoms with van der Waals surface area (Å²) in [6.07, 6.45) is 0. The van der Waals surface area contributed by atoms with Crippen LogP contribution in [0.25, 0.3) is 60.9 Å². The standard InChI is InChI=1S/C39H29N/c1-39(2)35-19-11-9-17-31(35)33-25-38-34(24-36(33)39)32-18-10-12-20-37(32)40(38)30-22-28(26-13-5-3-6-14-26)21-29(23-30)27-15-7-4-8-16-27/h3-25H,1-2H3. The second kappa shape index (κ2) is 8.56.